The summed E-state index contributed by atoms with van der Waals surface area (Å²) in [4.78, 5) is 12.1. The van der Waals surface area contributed by atoms with Gasteiger partial charge >= 0.3 is 0 Å². The molecule has 0 unspecified atom stereocenters. The van der Waals surface area contributed by atoms with E-state index < -0.39 is 0 Å². The van der Waals surface area contributed by atoms with E-state index in [4.69, 9.17) is 9.47 Å². The first-order valence-electron chi connectivity index (χ1n) is 6.51. The van der Waals surface area contributed by atoms with Crippen LogP contribution in [0.5, 0.6) is 23.0 Å². The number of rotatable bonds is 5. The Morgan fingerprint density at radius 1 is 1.00 bits per heavy atom. The number of benzene rings is 2. The quantitative estimate of drug-likeness (QED) is 0.655. The number of carbonyl (C=O) groups is 1. The van der Waals surface area contributed by atoms with Crippen LogP contribution in [0.25, 0.3) is 6.08 Å². The van der Waals surface area contributed by atoms with Gasteiger partial charge in [-0.25, -0.2) is 0 Å². The molecule has 0 aliphatic carbocycles. The Morgan fingerprint density at radius 2 is 1.77 bits per heavy atom. The Labute approximate surface area is 128 Å². The van der Waals surface area contributed by atoms with Crippen LogP contribution >= 0.6 is 0 Å². The van der Waals surface area contributed by atoms with Gasteiger partial charge in [0.05, 0.1) is 19.8 Å². The summed E-state index contributed by atoms with van der Waals surface area (Å²) in [7, 11) is 2.93. The second-order valence-electron chi connectivity index (χ2n) is 4.51. The average molecular weight is 300 g/mol. The van der Waals surface area contributed by atoms with Gasteiger partial charge < -0.3 is 19.7 Å². The molecule has 0 radical (unpaired) electrons. The van der Waals surface area contributed by atoms with Gasteiger partial charge in [-0.15, -0.1) is 0 Å². The molecule has 0 heterocycles. The number of carbonyl (C=O) groups excluding carboxylic acids is 1. The van der Waals surface area contributed by atoms with Crippen molar-refractivity contribution in [3.63, 3.8) is 0 Å². The maximum atomic E-state index is 12.1. The average Bonchev–Trinajstić information content (AvgIpc) is 2.53. The molecule has 0 aromatic heterocycles. The van der Waals surface area contributed by atoms with E-state index in [1.54, 1.807) is 24.3 Å². The fourth-order valence-electron chi connectivity index (χ4n) is 1.91. The number of hydrogen-bond donors (Lipinski definition) is 2. The van der Waals surface area contributed by atoms with E-state index in [1.807, 2.05) is 0 Å². The van der Waals surface area contributed by atoms with Gasteiger partial charge in [0.1, 0.15) is 11.5 Å². The van der Waals surface area contributed by atoms with Gasteiger partial charge in [0.25, 0.3) is 0 Å². The molecule has 5 nitrogen and oxygen atoms in total. The molecule has 0 saturated carbocycles. The summed E-state index contributed by atoms with van der Waals surface area (Å²) >= 11 is 0. The molecule has 0 bridgehead atoms. The van der Waals surface area contributed by atoms with E-state index in [9.17, 15) is 15.0 Å². The summed E-state index contributed by atoms with van der Waals surface area (Å²) in [5.41, 5.74) is 0.874. The second-order valence-corrected chi connectivity index (χ2v) is 4.51. The fraction of sp³-hybridized carbons (Fsp3) is 0.118. The number of allylic oxidation sites excluding steroid dienone is 1. The molecule has 2 aromatic carbocycles. The van der Waals surface area contributed by atoms with Crippen LogP contribution in [0.4, 0.5) is 0 Å². The van der Waals surface area contributed by atoms with Crippen LogP contribution in [0.15, 0.2) is 42.5 Å². The maximum absolute atomic E-state index is 12.1. The van der Waals surface area contributed by atoms with E-state index in [0.717, 1.165) is 0 Å². The minimum absolute atomic E-state index is 0.0266. The summed E-state index contributed by atoms with van der Waals surface area (Å²) < 4.78 is 9.97. The number of hydrogen-bond acceptors (Lipinski definition) is 5. The molecule has 2 aromatic rings. The standard InChI is InChI=1S/C17H16O5/c1-21-12-5-6-13(16(20)10-12)14(18)7-3-11-4-8-15(19)17(9-11)22-2/h3-10,19-20H,1-2H3/b7-3+. The largest absolute Gasteiger partial charge is 0.507 e. The molecule has 0 fully saturated rings. The third kappa shape index (κ3) is 3.38. The zero-order valence-corrected chi connectivity index (χ0v) is 12.2. The Bertz CT molecular complexity index is 719. The van der Waals surface area contributed by atoms with E-state index in [2.05, 4.69) is 0 Å². The van der Waals surface area contributed by atoms with Gasteiger partial charge in [-0.05, 0) is 35.9 Å². The lowest BCUT2D eigenvalue weighted by Crippen LogP contribution is -1.95. The molecule has 0 amide bonds. The molecular formula is C17H16O5. The van der Waals surface area contributed by atoms with Gasteiger partial charge in [0.2, 0.25) is 0 Å². The van der Waals surface area contributed by atoms with Crippen LogP contribution in [0.2, 0.25) is 0 Å². The number of methoxy groups -OCH3 is 2. The number of aromatic hydroxyl groups is 2. The Morgan fingerprint density at radius 3 is 2.41 bits per heavy atom. The van der Waals surface area contributed by atoms with Crippen molar-refractivity contribution in [2.45, 2.75) is 0 Å². The fourth-order valence-corrected chi connectivity index (χ4v) is 1.91. The number of ketones is 1. The third-order valence-electron chi connectivity index (χ3n) is 3.10. The molecule has 0 aliphatic heterocycles. The maximum Gasteiger partial charge on any atom is 0.189 e. The lowest BCUT2D eigenvalue weighted by atomic mass is 10.1. The predicted molar refractivity (Wildman–Crippen MR) is 82.7 cm³/mol. The van der Waals surface area contributed by atoms with Crippen LogP contribution in [-0.4, -0.2) is 30.2 Å². The van der Waals surface area contributed by atoms with Crippen LogP contribution in [0.3, 0.4) is 0 Å². The Hall–Kier alpha value is -2.95. The van der Waals surface area contributed by atoms with Crippen molar-refractivity contribution >= 4 is 11.9 Å². The molecule has 2 rings (SSSR count). The highest BCUT2D eigenvalue weighted by Crippen LogP contribution is 2.27. The van der Waals surface area contributed by atoms with Crippen molar-refractivity contribution in [3.8, 4) is 23.0 Å². The summed E-state index contributed by atoms with van der Waals surface area (Å²) in [6, 6.07) is 9.21. The lowest BCUT2D eigenvalue weighted by molar-refractivity contribution is 0.104. The number of phenolic OH excluding ortho intramolecular Hbond substituents is 2. The van der Waals surface area contributed by atoms with Crippen molar-refractivity contribution in [1.82, 2.24) is 0 Å². The predicted octanol–water partition coefficient (Wildman–Crippen LogP) is 3.01. The summed E-state index contributed by atoms with van der Waals surface area (Å²) in [5, 5.41) is 19.3. The van der Waals surface area contributed by atoms with Gasteiger partial charge in [0.15, 0.2) is 17.3 Å². The minimum Gasteiger partial charge on any atom is -0.507 e. The Balaban J connectivity index is 2.21. The molecule has 2 N–H and O–H groups in total. The first-order chi connectivity index (χ1) is 10.5. The van der Waals surface area contributed by atoms with E-state index in [-0.39, 0.29) is 22.8 Å². The summed E-state index contributed by atoms with van der Waals surface area (Å²) in [6.45, 7) is 0. The molecule has 22 heavy (non-hydrogen) atoms. The highest BCUT2D eigenvalue weighted by molar-refractivity contribution is 6.08. The Kier molecular flexibility index (Phi) is 4.68. The third-order valence-corrected chi connectivity index (χ3v) is 3.10. The molecule has 0 spiro atoms. The smallest absolute Gasteiger partial charge is 0.189 e. The van der Waals surface area contributed by atoms with Crippen LogP contribution in [0.1, 0.15) is 15.9 Å². The first kappa shape index (κ1) is 15.4. The van der Waals surface area contributed by atoms with Crippen molar-refractivity contribution in [2.24, 2.45) is 0 Å². The molecule has 5 heteroatoms. The van der Waals surface area contributed by atoms with Crippen molar-refractivity contribution in [1.29, 1.82) is 0 Å². The van der Waals surface area contributed by atoms with Crippen LogP contribution in [0, 0.1) is 0 Å². The molecule has 0 saturated heterocycles. The molecule has 114 valence electrons. The van der Waals surface area contributed by atoms with Gasteiger partial charge in [-0.3, -0.25) is 4.79 Å². The topological polar surface area (TPSA) is 76.0 Å². The normalized spacial score (nSPS) is 10.6. The first-order valence-corrected chi connectivity index (χ1v) is 6.51. The summed E-state index contributed by atoms with van der Waals surface area (Å²) in [6.07, 6.45) is 2.92. The van der Waals surface area contributed by atoms with Gasteiger partial charge in [-0.2, -0.15) is 0 Å². The molecule has 0 atom stereocenters. The lowest BCUT2D eigenvalue weighted by Gasteiger charge is -2.05. The van der Waals surface area contributed by atoms with Gasteiger partial charge in [-0.1, -0.05) is 12.1 Å². The highest BCUT2D eigenvalue weighted by atomic mass is 16.5. The zero-order valence-electron chi connectivity index (χ0n) is 12.2. The number of phenols is 2. The van der Waals surface area contributed by atoms with Crippen molar-refractivity contribution < 1.29 is 24.5 Å². The summed E-state index contributed by atoms with van der Waals surface area (Å²) in [5.74, 6) is 0.339. The number of ether oxygens (including phenoxy) is 2. The van der Waals surface area contributed by atoms with E-state index in [1.165, 1.54) is 38.5 Å². The minimum atomic E-state index is -0.341. The zero-order chi connectivity index (χ0) is 16.1. The van der Waals surface area contributed by atoms with Crippen LogP contribution in [-0.2, 0) is 0 Å². The molecular weight excluding hydrogens is 284 g/mol. The SMILES string of the molecule is COc1ccc(C(=O)/C=C/c2ccc(O)c(OC)c2)c(O)c1. The van der Waals surface area contributed by atoms with E-state index >= 15 is 0 Å². The van der Waals surface area contributed by atoms with E-state index in [0.29, 0.717) is 17.1 Å². The van der Waals surface area contributed by atoms with Gasteiger partial charge in [0, 0.05) is 6.07 Å². The van der Waals surface area contributed by atoms with Crippen molar-refractivity contribution in [3.05, 3.63) is 53.6 Å². The van der Waals surface area contributed by atoms with Crippen molar-refractivity contribution in [2.75, 3.05) is 14.2 Å². The van der Waals surface area contributed by atoms with Crippen LogP contribution < -0.4 is 9.47 Å². The highest BCUT2D eigenvalue weighted by Gasteiger charge is 2.09. The molecule has 0 aliphatic rings. The second kappa shape index (κ2) is 6.67. The monoisotopic (exact) mass is 300 g/mol.